The molecule has 0 bridgehead atoms. The van der Waals surface area contributed by atoms with Crippen molar-refractivity contribution in [1.82, 2.24) is 0 Å². The molecule has 1 saturated heterocycles. The van der Waals surface area contributed by atoms with Crippen molar-refractivity contribution in [2.45, 2.75) is 135 Å². The highest BCUT2D eigenvalue weighted by Crippen LogP contribution is 2.69. The van der Waals surface area contributed by atoms with E-state index < -0.39 is 47.2 Å². The third kappa shape index (κ3) is 6.51. The van der Waals surface area contributed by atoms with E-state index in [0.29, 0.717) is 38.0 Å². The monoisotopic (exact) mass is 648 g/mol. The van der Waals surface area contributed by atoms with Crippen LogP contribution < -0.4 is 0 Å². The van der Waals surface area contributed by atoms with Gasteiger partial charge in [-0.25, -0.2) is 4.18 Å². The van der Waals surface area contributed by atoms with Gasteiger partial charge in [0.1, 0.15) is 18.3 Å². The topological polar surface area (TPSA) is 183 Å². The predicted molar refractivity (Wildman–Crippen MR) is 160 cm³/mol. The number of hydrogen-bond acceptors (Lipinski definition) is 10. The maximum atomic E-state index is 11.6. The molecule has 5 aliphatic rings. The molecule has 0 aromatic rings. The molecule has 1 heterocycles. The van der Waals surface area contributed by atoms with Crippen LogP contribution in [0.25, 0.3) is 0 Å². The van der Waals surface area contributed by atoms with Crippen molar-refractivity contribution in [2.24, 2.45) is 52.3 Å². The Kier molecular flexibility index (Phi) is 10.5. The lowest BCUT2D eigenvalue weighted by atomic mass is 9.43. The first-order chi connectivity index (χ1) is 20.6. The molecule has 4 aliphatic carbocycles. The maximum Gasteiger partial charge on any atom is 0.397 e. The molecule has 44 heavy (non-hydrogen) atoms. The highest BCUT2D eigenvalue weighted by Gasteiger charge is 2.66. The molecule has 0 aromatic carbocycles. The Labute approximate surface area is 262 Å². The summed E-state index contributed by atoms with van der Waals surface area (Å²) in [6.45, 7) is 8.77. The van der Waals surface area contributed by atoms with Gasteiger partial charge in [0, 0.05) is 12.0 Å². The number of aliphatic hydroxyl groups is 5. The summed E-state index contributed by atoms with van der Waals surface area (Å²) in [5, 5.41) is 53.6. The van der Waals surface area contributed by atoms with Crippen LogP contribution in [0.2, 0.25) is 0 Å². The molecule has 5 unspecified atom stereocenters. The molecular formula is C32H56O11S. The van der Waals surface area contributed by atoms with E-state index in [1.807, 2.05) is 0 Å². The third-order valence-electron chi connectivity index (χ3n) is 12.9. The summed E-state index contributed by atoms with van der Waals surface area (Å²) in [7, 11) is -4.61. The molecule has 0 radical (unpaired) electrons. The predicted octanol–water partition coefficient (Wildman–Crippen LogP) is 2.67. The molecular weight excluding hydrogens is 592 g/mol. The van der Waals surface area contributed by atoms with Gasteiger partial charge < -0.3 is 35.0 Å². The molecule has 5 rings (SSSR count). The molecule has 0 spiro atoms. The van der Waals surface area contributed by atoms with Gasteiger partial charge in [-0.05, 0) is 98.2 Å². The highest BCUT2D eigenvalue weighted by atomic mass is 32.3. The summed E-state index contributed by atoms with van der Waals surface area (Å²) in [5.74, 6) is 1.12. The lowest BCUT2D eigenvalue weighted by Crippen LogP contribution is -2.63. The smallest absolute Gasteiger partial charge is 0.396 e. The van der Waals surface area contributed by atoms with Crippen LogP contribution in [0, 0.1) is 52.3 Å². The van der Waals surface area contributed by atoms with E-state index in [1.165, 1.54) is 0 Å². The summed E-state index contributed by atoms with van der Waals surface area (Å²) >= 11 is 0. The number of hydrogen-bond donors (Lipinski definition) is 6. The number of aliphatic hydroxyl groups excluding tert-OH is 5. The molecule has 5 fully saturated rings. The van der Waals surface area contributed by atoms with Crippen molar-refractivity contribution in [3.8, 4) is 0 Å². The van der Waals surface area contributed by atoms with Gasteiger partial charge >= 0.3 is 10.4 Å². The number of rotatable bonds is 10. The zero-order valence-corrected chi connectivity index (χ0v) is 27.5. The van der Waals surface area contributed by atoms with Crippen LogP contribution in [0.4, 0.5) is 0 Å². The Morgan fingerprint density at radius 3 is 2.30 bits per heavy atom. The average molecular weight is 649 g/mol. The van der Waals surface area contributed by atoms with Gasteiger partial charge in [0.05, 0.1) is 24.9 Å². The van der Waals surface area contributed by atoms with E-state index in [-0.39, 0.29) is 65.7 Å². The quantitative estimate of drug-likeness (QED) is 0.151. The molecule has 1 aliphatic heterocycles. The Hall–Kier alpha value is -0.410. The second-order valence-electron chi connectivity index (χ2n) is 15.6. The van der Waals surface area contributed by atoms with Gasteiger partial charge in [-0.1, -0.05) is 40.5 Å². The van der Waals surface area contributed by atoms with Crippen LogP contribution in [-0.4, -0.2) is 94.6 Å². The molecule has 6 N–H and O–H groups in total. The van der Waals surface area contributed by atoms with Crippen LogP contribution >= 0.6 is 0 Å². The minimum Gasteiger partial charge on any atom is -0.396 e. The Morgan fingerprint density at radius 1 is 0.909 bits per heavy atom. The summed E-state index contributed by atoms with van der Waals surface area (Å²) in [6.07, 6.45) is 0.644. The first-order valence-electron chi connectivity index (χ1n) is 16.9. The molecule has 15 atom stereocenters. The largest absolute Gasteiger partial charge is 0.397 e. The second-order valence-corrected chi connectivity index (χ2v) is 16.7. The van der Waals surface area contributed by atoms with Crippen molar-refractivity contribution >= 4 is 10.4 Å². The van der Waals surface area contributed by atoms with Gasteiger partial charge in [-0.15, -0.1) is 0 Å². The lowest BCUT2D eigenvalue weighted by Gasteiger charge is -2.64. The first kappa shape index (κ1) is 34.9. The van der Waals surface area contributed by atoms with Crippen LogP contribution in [-0.2, 0) is 24.1 Å². The van der Waals surface area contributed by atoms with Crippen molar-refractivity contribution < 1.29 is 52.2 Å². The summed E-state index contributed by atoms with van der Waals surface area (Å²) in [4.78, 5) is 0. The number of ether oxygens (including phenoxy) is 2. The standard InChI is InChI=1S/C32H56O11S/c1-17(2)6-5-7-18(15-33)21-8-9-22-20-13-25(34)24-12-19(43-44(38,39)40)10-11-31(24,3)23(20)14-27(32(21,22)4)42-30-29(37)28(36)26(35)16-41-30/h17-30,33-37H,5-16H2,1-4H3,(H,38,39,40)/t18?,19-,20?,21-,22?,23?,24?,25-,26-,27-,28+,29-,30+,31-,32-/m1/s1. The Bertz CT molecular complexity index is 1090. The van der Waals surface area contributed by atoms with Crippen molar-refractivity contribution in [3.05, 3.63) is 0 Å². The van der Waals surface area contributed by atoms with E-state index in [2.05, 4.69) is 27.7 Å². The first-order valence-corrected chi connectivity index (χ1v) is 18.2. The lowest BCUT2D eigenvalue weighted by molar-refractivity contribution is -0.312. The van der Waals surface area contributed by atoms with E-state index in [1.54, 1.807) is 0 Å². The van der Waals surface area contributed by atoms with Gasteiger partial charge in [-0.2, -0.15) is 8.42 Å². The van der Waals surface area contributed by atoms with Crippen LogP contribution in [0.3, 0.4) is 0 Å². The van der Waals surface area contributed by atoms with Gasteiger partial charge in [0.15, 0.2) is 6.29 Å². The number of fused-ring (bicyclic) bond motifs is 5. The molecule has 12 heteroatoms. The normalized spacial score (nSPS) is 48.4. The van der Waals surface area contributed by atoms with E-state index in [4.69, 9.17) is 13.7 Å². The van der Waals surface area contributed by atoms with Crippen molar-refractivity contribution in [3.63, 3.8) is 0 Å². The van der Waals surface area contributed by atoms with Crippen LogP contribution in [0.1, 0.15) is 91.9 Å². The molecule has 256 valence electrons. The highest BCUT2D eigenvalue weighted by molar-refractivity contribution is 7.80. The zero-order chi connectivity index (χ0) is 32.2. The van der Waals surface area contributed by atoms with E-state index >= 15 is 0 Å². The van der Waals surface area contributed by atoms with Gasteiger partial charge in [0.25, 0.3) is 0 Å². The summed E-state index contributed by atoms with van der Waals surface area (Å²) < 4.78 is 49.7. The molecule has 0 aromatic heterocycles. The third-order valence-corrected chi connectivity index (χ3v) is 13.5. The Balaban J connectivity index is 1.46. The van der Waals surface area contributed by atoms with Crippen molar-refractivity contribution in [1.29, 1.82) is 0 Å². The minimum atomic E-state index is -4.61. The van der Waals surface area contributed by atoms with Crippen molar-refractivity contribution in [2.75, 3.05) is 13.2 Å². The summed E-state index contributed by atoms with van der Waals surface area (Å²) in [6, 6.07) is 0. The van der Waals surface area contributed by atoms with E-state index in [0.717, 1.165) is 32.1 Å². The fraction of sp³-hybridized carbons (Fsp3) is 1.00. The molecule has 0 amide bonds. The minimum absolute atomic E-state index is 0.0803. The van der Waals surface area contributed by atoms with Gasteiger partial charge in [0.2, 0.25) is 0 Å². The van der Waals surface area contributed by atoms with Crippen LogP contribution in [0.15, 0.2) is 0 Å². The SMILES string of the molecule is CC(C)CCCC(CO)[C@H]1CCC2C3C[C@@H](O)C4C[C@H](OS(=O)(=O)O)CC[C@]4(C)C3C[C@@H](O[C@@H]3OC[C@@H](O)[C@H](O)[C@H]3O)[C@@]21C. The second kappa shape index (κ2) is 13.2. The fourth-order valence-electron chi connectivity index (χ4n) is 10.7. The molecule has 11 nitrogen and oxygen atoms in total. The maximum absolute atomic E-state index is 11.6. The molecule has 4 saturated carbocycles. The van der Waals surface area contributed by atoms with Crippen LogP contribution in [0.5, 0.6) is 0 Å². The van der Waals surface area contributed by atoms with Gasteiger partial charge in [-0.3, -0.25) is 4.55 Å². The summed E-state index contributed by atoms with van der Waals surface area (Å²) in [5.41, 5.74) is -0.720. The Morgan fingerprint density at radius 2 is 1.64 bits per heavy atom. The zero-order valence-electron chi connectivity index (χ0n) is 26.7. The fourth-order valence-corrected chi connectivity index (χ4v) is 11.3. The average Bonchev–Trinajstić information content (AvgIpc) is 3.30. The van der Waals surface area contributed by atoms with E-state index in [9.17, 15) is 38.5 Å².